The fourth-order valence-corrected chi connectivity index (χ4v) is 3.17. The Hall–Kier alpha value is -2.93. The van der Waals surface area contributed by atoms with Crippen molar-refractivity contribution in [2.45, 2.75) is 0 Å². The van der Waals surface area contributed by atoms with E-state index in [0.717, 1.165) is 5.56 Å². The average molecular weight is 325 g/mol. The second-order valence-corrected chi connectivity index (χ2v) is 5.77. The molecule has 0 aliphatic rings. The van der Waals surface area contributed by atoms with Crippen molar-refractivity contribution in [3.05, 3.63) is 63.3 Å². The predicted octanol–water partition coefficient (Wildman–Crippen LogP) is 1.97. The van der Waals surface area contributed by atoms with Crippen molar-refractivity contribution < 1.29 is 9.15 Å². The van der Waals surface area contributed by atoms with Crippen molar-refractivity contribution in [2.75, 3.05) is 7.11 Å². The van der Waals surface area contributed by atoms with Gasteiger partial charge in [0.25, 0.3) is 5.56 Å². The molecule has 3 aromatic heterocycles. The van der Waals surface area contributed by atoms with Crippen LogP contribution in [0.1, 0.15) is 5.76 Å². The summed E-state index contributed by atoms with van der Waals surface area (Å²) in [5, 5.41) is 4.31. The zero-order chi connectivity index (χ0) is 15.8. The smallest absolute Gasteiger partial charge is 0.291 e. The monoisotopic (exact) mass is 325 g/mol. The molecule has 0 amide bonds. The van der Waals surface area contributed by atoms with Gasteiger partial charge in [-0.2, -0.15) is 9.50 Å². The molecular formula is C16H11N3O3S. The Kier molecular flexibility index (Phi) is 3.20. The van der Waals surface area contributed by atoms with Crippen molar-refractivity contribution in [1.29, 1.82) is 0 Å². The highest BCUT2D eigenvalue weighted by Crippen LogP contribution is 2.27. The lowest BCUT2D eigenvalue weighted by molar-refractivity contribution is 0.416. The number of fused-ring (bicyclic) bond motifs is 1. The lowest BCUT2D eigenvalue weighted by Crippen LogP contribution is -2.23. The molecule has 0 aliphatic carbocycles. The summed E-state index contributed by atoms with van der Waals surface area (Å²) in [7, 11) is 1.59. The molecule has 6 nitrogen and oxygen atoms in total. The first-order valence-corrected chi connectivity index (χ1v) is 7.66. The van der Waals surface area contributed by atoms with Crippen molar-refractivity contribution in [3.8, 4) is 17.1 Å². The number of methoxy groups -OCH3 is 1. The maximum atomic E-state index is 12.4. The lowest BCUT2D eigenvalue weighted by Gasteiger charge is -2.03. The van der Waals surface area contributed by atoms with Crippen molar-refractivity contribution in [3.63, 3.8) is 0 Å². The summed E-state index contributed by atoms with van der Waals surface area (Å²) < 4.78 is 12.4. The number of hydrogen-bond acceptors (Lipinski definition) is 6. The molecule has 0 fully saturated rings. The second kappa shape index (κ2) is 5.36. The van der Waals surface area contributed by atoms with E-state index in [1.54, 1.807) is 31.6 Å². The normalized spacial score (nSPS) is 12.1. The standard InChI is InChI=1S/C16H11N3O3S/c1-21-12-7-3-2-6-11(12)14-17-16-19(18-14)15(20)13(23-16)9-10-5-4-8-22-10/h2-9H,1H3/b13-9+. The fourth-order valence-electron chi connectivity index (χ4n) is 2.28. The van der Waals surface area contributed by atoms with Gasteiger partial charge in [0.15, 0.2) is 5.82 Å². The van der Waals surface area contributed by atoms with E-state index >= 15 is 0 Å². The number of furan rings is 1. The van der Waals surface area contributed by atoms with Crippen molar-refractivity contribution in [2.24, 2.45) is 0 Å². The van der Waals surface area contributed by atoms with Crippen LogP contribution in [0.15, 0.2) is 51.9 Å². The highest BCUT2D eigenvalue weighted by atomic mass is 32.1. The molecule has 0 unspecified atom stereocenters. The molecule has 3 heterocycles. The van der Waals surface area contributed by atoms with Crippen molar-refractivity contribution in [1.82, 2.24) is 14.6 Å². The Balaban J connectivity index is 1.86. The van der Waals surface area contributed by atoms with Crippen LogP contribution in [0.4, 0.5) is 0 Å². The van der Waals surface area contributed by atoms with Crippen LogP contribution >= 0.6 is 11.3 Å². The SMILES string of the molecule is COc1ccccc1-c1nc2s/c(=C/c3ccco3)c(=O)n2n1. The summed E-state index contributed by atoms with van der Waals surface area (Å²) in [6.45, 7) is 0. The number of ether oxygens (including phenoxy) is 1. The number of hydrogen-bond donors (Lipinski definition) is 0. The minimum atomic E-state index is -0.213. The summed E-state index contributed by atoms with van der Waals surface area (Å²) in [6.07, 6.45) is 3.25. The molecule has 0 N–H and O–H groups in total. The molecule has 0 radical (unpaired) electrons. The van der Waals surface area contributed by atoms with E-state index in [4.69, 9.17) is 9.15 Å². The van der Waals surface area contributed by atoms with Gasteiger partial charge in [-0.25, -0.2) is 0 Å². The van der Waals surface area contributed by atoms with Gasteiger partial charge in [0, 0.05) is 6.08 Å². The zero-order valence-corrected chi connectivity index (χ0v) is 12.9. The van der Waals surface area contributed by atoms with E-state index in [-0.39, 0.29) is 5.56 Å². The number of para-hydroxylation sites is 1. The van der Waals surface area contributed by atoms with Gasteiger partial charge in [0.05, 0.1) is 18.9 Å². The molecule has 1 aromatic carbocycles. The van der Waals surface area contributed by atoms with Crippen LogP contribution in [-0.4, -0.2) is 21.7 Å². The maximum absolute atomic E-state index is 12.4. The molecule has 0 bridgehead atoms. The fraction of sp³-hybridized carbons (Fsp3) is 0.0625. The Morgan fingerprint density at radius 2 is 2.13 bits per heavy atom. The first-order chi connectivity index (χ1) is 11.3. The van der Waals surface area contributed by atoms with E-state index in [0.29, 0.717) is 26.8 Å². The van der Waals surface area contributed by atoms with E-state index in [9.17, 15) is 4.79 Å². The minimum Gasteiger partial charge on any atom is -0.496 e. The molecule has 0 spiro atoms. The van der Waals surface area contributed by atoms with Crippen LogP contribution in [-0.2, 0) is 0 Å². The maximum Gasteiger partial charge on any atom is 0.291 e. The minimum absolute atomic E-state index is 0.213. The largest absolute Gasteiger partial charge is 0.496 e. The molecule has 0 aliphatic heterocycles. The topological polar surface area (TPSA) is 69.6 Å². The van der Waals surface area contributed by atoms with Gasteiger partial charge in [-0.15, -0.1) is 5.10 Å². The molecule has 0 atom stereocenters. The Morgan fingerprint density at radius 1 is 1.26 bits per heavy atom. The molecule has 7 heteroatoms. The molecule has 23 heavy (non-hydrogen) atoms. The molecule has 0 saturated carbocycles. The molecule has 114 valence electrons. The van der Waals surface area contributed by atoms with Crippen LogP contribution in [0.25, 0.3) is 22.4 Å². The van der Waals surface area contributed by atoms with Gasteiger partial charge in [-0.1, -0.05) is 23.5 Å². The van der Waals surface area contributed by atoms with Gasteiger partial charge in [0.1, 0.15) is 16.0 Å². The Morgan fingerprint density at radius 3 is 2.87 bits per heavy atom. The number of rotatable bonds is 3. The number of thiazole rings is 1. The Bertz CT molecular complexity index is 1080. The van der Waals surface area contributed by atoms with Gasteiger partial charge >= 0.3 is 0 Å². The summed E-state index contributed by atoms with van der Waals surface area (Å²) in [6, 6.07) is 11.0. The van der Waals surface area contributed by atoms with Gasteiger partial charge in [-0.3, -0.25) is 4.79 Å². The summed E-state index contributed by atoms with van der Waals surface area (Å²) >= 11 is 1.27. The van der Waals surface area contributed by atoms with E-state index in [1.165, 1.54) is 15.9 Å². The van der Waals surface area contributed by atoms with Gasteiger partial charge in [0.2, 0.25) is 4.96 Å². The quantitative estimate of drug-likeness (QED) is 0.576. The first-order valence-electron chi connectivity index (χ1n) is 6.84. The van der Waals surface area contributed by atoms with Gasteiger partial charge < -0.3 is 9.15 Å². The number of aromatic nitrogens is 3. The highest BCUT2D eigenvalue weighted by molar-refractivity contribution is 7.15. The summed E-state index contributed by atoms with van der Waals surface area (Å²) in [5.41, 5.74) is 0.539. The number of nitrogens with zero attached hydrogens (tertiary/aromatic N) is 3. The van der Waals surface area contributed by atoms with Crippen LogP contribution in [0.2, 0.25) is 0 Å². The third kappa shape index (κ3) is 2.31. The lowest BCUT2D eigenvalue weighted by atomic mass is 10.2. The summed E-state index contributed by atoms with van der Waals surface area (Å²) in [4.78, 5) is 17.4. The van der Waals surface area contributed by atoms with Crippen LogP contribution in [0.5, 0.6) is 5.75 Å². The second-order valence-electron chi connectivity index (χ2n) is 4.76. The first kappa shape index (κ1) is 13.7. The third-order valence-corrected chi connectivity index (χ3v) is 4.31. The molecule has 4 rings (SSSR count). The highest BCUT2D eigenvalue weighted by Gasteiger charge is 2.14. The predicted molar refractivity (Wildman–Crippen MR) is 86.6 cm³/mol. The zero-order valence-electron chi connectivity index (χ0n) is 12.1. The summed E-state index contributed by atoms with van der Waals surface area (Å²) in [5.74, 6) is 1.76. The average Bonchev–Trinajstić information content (AvgIpc) is 3.28. The molecular weight excluding hydrogens is 314 g/mol. The van der Waals surface area contributed by atoms with E-state index in [1.807, 2.05) is 24.3 Å². The van der Waals surface area contributed by atoms with Crippen LogP contribution in [0, 0.1) is 0 Å². The Labute approximate surface area is 134 Å². The number of benzene rings is 1. The van der Waals surface area contributed by atoms with Crippen molar-refractivity contribution >= 4 is 22.4 Å². The van der Waals surface area contributed by atoms with Gasteiger partial charge in [-0.05, 0) is 24.3 Å². The molecule has 0 saturated heterocycles. The van der Waals surface area contributed by atoms with Crippen LogP contribution in [0.3, 0.4) is 0 Å². The van der Waals surface area contributed by atoms with E-state index < -0.39 is 0 Å². The van der Waals surface area contributed by atoms with Crippen LogP contribution < -0.4 is 14.8 Å². The van der Waals surface area contributed by atoms with E-state index in [2.05, 4.69) is 10.1 Å². The molecule has 4 aromatic rings. The third-order valence-electron chi connectivity index (χ3n) is 3.35.